The Morgan fingerprint density at radius 1 is 1.31 bits per heavy atom. The number of hydrogen-bond acceptors (Lipinski definition) is 1. The minimum absolute atomic E-state index is 0. The maximum absolute atomic E-state index is 10.5. The summed E-state index contributed by atoms with van der Waals surface area (Å²) in [7, 11) is 0. The number of anilines is 1. The molecule has 0 aliphatic heterocycles. The third-order valence-corrected chi connectivity index (χ3v) is 1.23. The van der Waals surface area contributed by atoms with Gasteiger partial charge in [-0.05, 0) is 0 Å². The number of rotatable bonds is 1. The van der Waals surface area contributed by atoms with E-state index in [9.17, 15) is 4.79 Å². The molecule has 3 heteroatoms. The number of carbonyl (C=O) groups excluding carboxylic acids is 1. The fourth-order valence-corrected chi connectivity index (χ4v) is 0.803. The van der Waals surface area contributed by atoms with Crippen LogP contribution in [0.2, 0.25) is 0 Å². The van der Waals surface area contributed by atoms with E-state index in [1.807, 2.05) is 46.8 Å². The second-order valence-electron chi connectivity index (χ2n) is 2.33. The normalized spacial score (nSPS) is 7.06. The van der Waals surface area contributed by atoms with E-state index < -0.39 is 0 Å². The molecule has 0 spiro atoms. The summed E-state index contributed by atoms with van der Waals surface area (Å²) in [5.74, 6) is -0.313. The monoisotopic (exact) mass is 296 g/mol. The molecule has 89 valence electrons. The summed E-state index contributed by atoms with van der Waals surface area (Å²) in [5, 5.41) is 2.54. The van der Waals surface area contributed by atoms with Crippen molar-refractivity contribution in [1.82, 2.24) is 0 Å². The first-order valence-electron chi connectivity index (χ1n) is 5.30. The molecule has 0 saturated carbocycles. The SMILES string of the molecule is CC.CC.[CH2-]C(=O)Nc1[c-]ccc(C)c1.[Y]. The Balaban J connectivity index is -0.000000305. The summed E-state index contributed by atoms with van der Waals surface area (Å²) in [4.78, 5) is 10.5. The average Bonchev–Trinajstić information content (AvgIpc) is 2.23. The summed E-state index contributed by atoms with van der Waals surface area (Å²) in [6.07, 6.45) is 0. The molecule has 0 unspecified atom stereocenters. The molecule has 2 nitrogen and oxygen atoms in total. The third-order valence-electron chi connectivity index (χ3n) is 1.23. The van der Waals surface area contributed by atoms with Gasteiger partial charge in [0, 0.05) is 32.7 Å². The number of hydrogen-bond donors (Lipinski definition) is 1. The maximum atomic E-state index is 10.5. The van der Waals surface area contributed by atoms with Crippen LogP contribution in [0.1, 0.15) is 33.3 Å². The number of benzene rings is 1. The van der Waals surface area contributed by atoms with Gasteiger partial charge < -0.3 is 17.0 Å². The Kier molecular flexibility index (Phi) is 19.2. The number of aryl methyl sites for hydroxylation is 1. The summed E-state index contributed by atoms with van der Waals surface area (Å²) >= 11 is 0. The van der Waals surface area contributed by atoms with Crippen molar-refractivity contribution < 1.29 is 37.5 Å². The fourth-order valence-electron chi connectivity index (χ4n) is 0.803. The largest absolute Gasteiger partial charge is 0.375 e. The molecule has 1 N–H and O–H groups in total. The van der Waals surface area contributed by atoms with Crippen molar-refractivity contribution in [3.63, 3.8) is 0 Å². The summed E-state index contributed by atoms with van der Waals surface area (Å²) in [5.41, 5.74) is 1.76. The van der Waals surface area contributed by atoms with Gasteiger partial charge in [-0.2, -0.15) is 23.8 Å². The molecule has 1 amide bonds. The zero-order chi connectivity index (χ0) is 12.3. The van der Waals surface area contributed by atoms with E-state index in [4.69, 9.17) is 0 Å². The summed E-state index contributed by atoms with van der Waals surface area (Å²) < 4.78 is 0. The van der Waals surface area contributed by atoms with Crippen LogP contribution in [0.15, 0.2) is 18.2 Å². The molecule has 1 aromatic carbocycles. The topological polar surface area (TPSA) is 29.1 Å². The van der Waals surface area contributed by atoms with Crippen molar-refractivity contribution in [3.8, 4) is 0 Å². The predicted molar refractivity (Wildman–Crippen MR) is 66.7 cm³/mol. The van der Waals surface area contributed by atoms with E-state index in [-0.39, 0.29) is 38.6 Å². The zero-order valence-electron chi connectivity index (χ0n) is 10.9. The van der Waals surface area contributed by atoms with Crippen LogP contribution in [0.3, 0.4) is 0 Å². The second kappa shape index (κ2) is 14.7. The van der Waals surface area contributed by atoms with Gasteiger partial charge in [0.15, 0.2) is 0 Å². The van der Waals surface area contributed by atoms with Crippen molar-refractivity contribution in [1.29, 1.82) is 0 Å². The minimum Gasteiger partial charge on any atom is -0.375 e. The Bertz CT molecular complexity index is 274. The van der Waals surface area contributed by atoms with Gasteiger partial charge in [-0.3, -0.25) is 0 Å². The molecule has 0 bridgehead atoms. The van der Waals surface area contributed by atoms with Crippen LogP contribution in [0, 0.1) is 19.9 Å². The first-order chi connectivity index (χ1) is 7.18. The number of amides is 1. The van der Waals surface area contributed by atoms with Gasteiger partial charge in [-0.25, -0.2) is 0 Å². The first-order valence-corrected chi connectivity index (χ1v) is 5.30. The summed E-state index contributed by atoms with van der Waals surface area (Å²) in [6.45, 7) is 13.1. The van der Waals surface area contributed by atoms with Gasteiger partial charge in [0.1, 0.15) is 0 Å². The molecule has 16 heavy (non-hydrogen) atoms. The van der Waals surface area contributed by atoms with Crippen LogP contribution < -0.4 is 5.32 Å². The van der Waals surface area contributed by atoms with Crippen LogP contribution in [0.5, 0.6) is 0 Å². The molecule has 0 aromatic heterocycles. The van der Waals surface area contributed by atoms with Gasteiger partial charge in [0.05, 0.1) is 5.91 Å². The third kappa shape index (κ3) is 11.7. The predicted octanol–water partition coefficient (Wildman–Crippen LogP) is 3.62. The Labute approximate surface area is 125 Å². The molecule has 1 aromatic rings. The van der Waals surface area contributed by atoms with Crippen LogP contribution in [0.25, 0.3) is 0 Å². The number of carbonyl (C=O) groups is 1. The average molecular weight is 296 g/mol. The van der Waals surface area contributed by atoms with E-state index in [2.05, 4.69) is 18.3 Å². The molecule has 1 rings (SSSR count). The smallest absolute Gasteiger partial charge is 0.0823 e. The molecular weight excluding hydrogens is 275 g/mol. The van der Waals surface area contributed by atoms with E-state index in [0.29, 0.717) is 5.69 Å². The molecule has 0 heterocycles. The van der Waals surface area contributed by atoms with Crippen molar-refractivity contribution in [2.45, 2.75) is 34.6 Å². The van der Waals surface area contributed by atoms with E-state index >= 15 is 0 Å². The Hall–Kier alpha value is -0.336. The minimum atomic E-state index is -0.313. The fraction of sp³-hybridized carbons (Fsp3) is 0.385. The van der Waals surface area contributed by atoms with Gasteiger partial charge in [-0.1, -0.05) is 40.3 Å². The zero-order valence-corrected chi connectivity index (χ0v) is 13.8. The van der Waals surface area contributed by atoms with Gasteiger partial charge in [0.2, 0.25) is 0 Å². The Morgan fingerprint density at radius 2 is 1.81 bits per heavy atom. The first kappa shape index (κ1) is 21.0. The standard InChI is InChI=1S/C9H9NO.2C2H6.Y/c1-7-4-3-5-9(6-7)10-8(2)11;2*1-2;/h3-4,6H,2H2,1H3,(H,10,11);2*1-2H3;/q-2;;;. The van der Waals surface area contributed by atoms with Crippen LogP contribution in [-0.4, -0.2) is 5.91 Å². The van der Waals surface area contributed by atoms with E-state index in [0.717, 1.165) is 5.56 Å². The molecule has 1 radical (unpaired) electrons. The van der Waals surface area contributed by atoms with E-state index in [1.54, 1.807) is 6.07 Å². The molecule has 0 saturated heterocycles. The van der Waals surface area contributed by atoms with E-state index in [1.165, 1.54) is 0 Å². The van der Waals surface area contributed by atoms with Crippen molar-refractivity contribution in [3.05, 3.63) is 36.8 Å². The van der Waals surface area contributed by atoms with Crippen molar-refractivity contribution in [2.24, 2.45) is 0 Å². The second-order valence-corrected chi connectivity index (χ2v) is 2.33. The Morgan fingerprint density at radius 3 is 2.19 bits per heavy atom. The number of nitrogens with one attached hydrogen (secondary N) is 1. The van der Waals surface area contributed by atoms with Crippen molar-refractivity contribution >= 4 is 11.6 Å². The molecule has 0 fully saturated rings. The molecule has 0 atom stereocenters. The molecular formula is C13H21NOY-2. The van der Waals surface area contributed by atoms with Gasteiger partial charge in [-0.15, -0.1) is 6.07 Å². The quantitative estimate of drug-likeness (QED) is 0.788. The molecule has 0 aliphatic rings. The van der Waals surface area contributed by atoms with Gasteiger partial charge in [0.25, 0.3) is 0 Å². The van der Waals surface area contributed by atoms with Gasteiger partial charge >= 0.3 is 0 Å². The van der Waals surface area contributed by atoms with Crippen LogP contribution >= 0.6 is 0 Å². The maximum Gasteiger partial charge on any atom is 0.0823 e. The van der Waals surface area contributed by atoms with Crippen LogP contribution in [-0.2, 0) is 37.5 Å². The summed E-state index contributed by atoms with van der Waals surface area (Å²) in [6, 6.07) is 8.38. The van der Waals surface area contributed by atoms with Crippen LogP contribution in [0.4, 0.5) is 5.69 Å². The van der Waals surface area contributed by atoms with Crippen molar-refractivity contribution in [2.75, 3.05) is 5.32 Å². The molecule has 0 aliphatic carbocycles.